The van der Waals surface area contributed by atoms with Crippen LogP contribution in [0.2, 0.25) is 0 Å². The van der Waals surface area contributed by atoms with Crippen LogP contribution < -0.4 is 5.32 Å². The Labute approximate surface area is 115 Å². The molecule has 0 aromatic rings. The molecule has 0 radical (unpaired) electrons. The molecule has 5 nitrogen and oxygen atoms in total. The van der Waals surface area contributed by atoms with Crippen molar-refractivity contribution in [1.82, 2.24) is 10.2 Å². The first-order chi connectivity index (χ1) is 8.84. The third-order valence-electron chi connectivity index (χ3n) is 3.47. The first kappa shape index (κ1) is 15.5. The van der Waals surface area contributed by atoms with Crippen LogP contribution in [0.15, 0.2) is 0 Å². The molecule has 0 bridgehead atoms. The molecule has 5 heteroatoms. The summed E-state index contributed by atoms with van der Waals surface area (Å²) in [6.45, 7) is 8.09. The lowest BCUT2D eigenvalue weighted by Crippen LogP contribution is -2.52. The van der Waals surface area contributed by atoms with Gasteiger partial charge < -0.3 is 10.2 Å². The number of hydrogen-bond acceptors (Lipinski definition) is 3. The molecular weight excluding hydrogens is 242 g/mol. The summed E-state index contributed by atoms with van der Waals surface area (Å²) in [6, 6.07) is 2.20. The van der Waals surface area contributed by atoms with Crippen LogP contribution in [0.25, 0.3) is 0 Å². The fourth-order valence-corrected chi connectivity index (χ4v) is 2.61. The van der Waals surface area contributed by atoms with Gasteiger partial charge in [0.2, 0.25) is 11.8 Å². The van der Waals surface area contributed by atoms with Crippen molar-refractivity contribution >= 4 is 11.8 Å². The van der Waals surface area contributed by atoms with E-state index in [2.05, 4.69) is 11.4 Å². The molecule has 106 valence electrons. The molecule has 0 unspecified atom stereocenters. The Kier molecular flexibility index (Phi) is 4.93. The largest absolute Gasteiger partial charge is 0.352 e. The van der Waals surface area contributed by atoms with E-state index in [1.807, 2.05) is 27.7 Å². The maximum atomic E-state index is 12.4. The molecule has 0 aromatic heterocycles. The first-order valence-corrected chi connectivity index (χ1v) is 6.84. The van der Waals surface area contributed by atoms with E-state index in [4.69, 9.17) is 0 Å². The van der Waals surface area contributed by atoms with E-state index in [-0.39, 0.29) is 24.4 Å². The molecule has 1 aliphatic rings. The number of nitrogens with zero attached hydrogens (tertiary/aromatic N) is 2. The number of carbonyl (C=O) groups is 2. The fourth-order valence-electron chi connectivity index (χ4n) is 2.61. The minimum atomic E-state index is -0.895. The van der Waals surface area contributed by atoms with Crippen molar-refractivity contribution in [1.29, 1.82) is 5.26 Å². The van der Waals surface area contributed by atoms with Crippen LogP contribution in [-0.4, -0.2) is 35.8 Å². The van der Waals surface area contributed by atoms with Gasteiger partial charge in [-0.25, -0.2) is 0 Å². The Morgan fingerprint density at radius 3 is 2.42 bits per heavy atom. The number of nitrogens with one attached hydrogen (secondary N) is 1. The first-order valence-electron chi connectivity index (χ1n) is 6.84. The Morgan fingerprint density at radius 1 is 1.47 bits per heavy atom. The summed E-state index contributed by atoms with van der Waals surface area (Å²) in [5.74, 6) is 0.0342. The summed E-state index contributed by atoms with van der Waals surface area (Å²) in [4.78, 5) is 25.6. The molecule has 1 N–H and O–H groups in total. The molecule has 1 fully saturated rings. The average Bonchev–Trinajstić information content (AvgIpc) is 2.30. The van der Waals surface area contributed by atoms with Gasteiger partial charge in [0.1, 0.15) is 5.41 Å². The monoisotopic (exact) mass is 265 g/mol. The average molecular weight is 265 g/mol. The van der Waals surface area contributed by atoms with Crippen molar-refractivity contribution in [3.05, 3.63) is 0 Å². The van der Waals surface area contributed by atoms with Gasteiger partial charge in [-0.05, 0) is 39.5 Å². The smallest absolute Gasteiger partial charge is 0.243 e. The summed E-state index contributed by atoms with van der Waals surface area (Å²) >= 11 is 0. The summed E-state index contributed by atoms with van der Waals surface area (Å²) in [7, 11) is 0. The second-order valence-corrected chi connectivity index (χ2v) is 5.75. The van der Waals surface area contributed by atoms with Crippen molar-refractivity contribution < 1.29 is 9.59 Å². The van der Waals surface area contributed by atoms with E-state index in [1.54, 1.807) is 0 Å². The van der Waals surface area contributed by atoms with E-state index < -0.39 is 5.41 Å². The number of carbonyl (C=O) groups excluding carboxylic acids is 2. The van der Waals surface area contributed by atoms with Crippen molar-refractivity contribution in [2.75, 3.05) is 13.1 Å². The molecule has 0 saturated heterocycles. The highest BCUT2D eigenvalue weighted by molar-refractivity contribution is 5.90. The molecule has 0 spiro atoms. The van der Waals surface area contributed by atoms with Gasteiger partial charge >= 0.3 is 0 Å². The predicted octanol–water partition coefficient (Wildman–Crippen LogP) is 1.30. The van der Waals surface area contributed by atoms with E-state index >= 15 is 0 Å². The van der Waals surface area contributed by atoms with Crippen molar-refractivity contribution in [3.8, 4) is 6.07 Å². The second kappa shape index (κ2) is 6.05. The molecule has 0 atom stereocenters. The van der Waals surface area contributed by atoms with Crippen LogP contribution in [0.4, 0.5) is 0 Å². The van der Waals surface area contributed by atoms with Gasteiger partial charge in [0.15, 0.2) is 0 Å². The standard InChI is InChI=1S/C14H23N3O2/c1-5-17(8-12(18)16-10(2)3)13(19)14(9-15)6-11(4)7-14/h10-11H,5-8H2,1-4H3,(H,16,18). The molecule has 1 aliphatic carbocycles. The maximum absolute atomic E-state index is 12.4. The predicted molar refractivity (Wildman–Crippen MR) is 72.0 cm³/mol. The molecule has 0 heterocycles. The Morgan fingerprint density at radius 2 is 2.05 bits per heavy atom. The highest BCUT2D eigenvalue weighted by atomic mass is 16.2. The van der Waals surface area contributed by atoms with E-state index in [9.17, 15) is 14.9 Å². The quantitative estimate of drug-likeness (QED) is 0.814. The third kappa shape index (κ3) is 3.46. The Hall–Kier alpha value is -1.57. The van der Waals surface area contributed by atoms with Crippen LogP contribution >= 0.6 is 0 Å². The topological polar surface area (TPSA) is 73.2 Å². The maximum Gasteiger partial charge on any atom is 0.243 e. The van der Waals surface area contributed by atoms with Gasteiger partial charge in [0.05, 0.1) is 12.6 Å². The van der Waals surface area contributed by atoms with Gasteiger partial charge in [-0.2, -0.15) is 5.26 Å². The van der Waals surface area contributed by atoms with Crippen LogP contribution in [-0.2, 0) is 9.59 Å². The number of likely N-dealkylation sites (N-methyl/N-ethyl adjacent to an activating group) is 1. The van der Waals surface area contributed by atoms with E-state index in [1.165, 1.54) is 4.90 Å². The van der Waals surface area contributed by atoms with Crippen molar-refractivity contribution in [2.24, 2.45) is 11.3 Å². The second-order valence-electron chi connectivity index (χ2n) is 5.75. The zero-order valence-corrected chi connectivity index (χ0v) is 12.2. The van der Waals surface area contributed by atoms with Gasteiger partial charge in [-0.3, -0.25) is 9.59 Å². The summed E-state index contributed by atoms with van der Waals surface area (Å²) in [5, 5.41) is 12.0. The number of hydrogen-bond donors (Lipinski definition) is 1. The lowest BCUT2D eigenvalue weighted by atomic mass is 9.62. The highest BCUT2D eigenvalue weighted by Gasteiger charge is 2.50. The molecule has 19 heavy (non-hydrogen) atoms. The van der Waals surface area contributed by atoms with Gasteiger partial charge in [-0.15, -0.1) is 0 Å². The van der Waals surface area contributed by atoms with Gasteiger partial charge in [0, 0.05) is 12.6 Å². The fraction of sp³-hybridized carbons (Fsp3) is 0.786. The number of amides is 2. The molecule has 1 saturated carbocycles. The number of rotatable bonds is 5. The minimum absolute atomic E-state index is 0.0331. The van der Waals surface area contributed by atoms with E-state index in [0.717, 1.165) is 0 Å². The van der Waals surface area contributed by atoms with Gasteiger partial charge in [0.25, 0.3) is 0 Å². The number of nitriles is 1. The summed E-state index contributed by atoms with van der Waals surface area (Å²) in [5.41, 5.74) is -0.895. The zero-order chi connectivity index (χ0) is 14.6. The van der Waals surface area contributed by atoms with E-state index in [0.29, 0.717) is 25.3 Å². The van der Waals surface area contributed by atoms with Crippen LogP contribution in [0, 0.1) is 22.7 Å². The molecule has 0 aliphatic heterocycles. The molecule has 1 rings (SSSR count). The van der Waals surface area contributed by atoms with Crippen LogP contribution in [0.3, 0.4) is 0 Å². The van der Waals surface area contributed by atoms with Crippen molar-refractivity contribution in [2.45, 2.75) is 46.6 Å². The van der Waals surface area contributed by atoms with Gasteiger partial charge in [-0.1, -0.05) is 6.92 Å². The lowest BCUT2D eigenvalue weighted by Gasteiger charge is -2.42. The Bertz CT molecular complexity index is 392. The van der Waals surface area contributed by atoms with Crippen LogP contribution in [0.5, 0.6) is 0 Å². The highest BCUT2D eigenvalue weighted by Crippen LogP contribution is 2.46. The Balaban J connectivity index is 2.67. The summed E-state index contributed by atoms with van der Waals surface area (Å²) in [6.07, 6.45) is 1.20. The molecular formula is C14H23N3O2. The lowest BCUT2D eigenvalue weighted by molar-refractivity contribution is -0.147. The minimum Gasteiger partial charge on any atom is -0.352 e. The molecule has 2 amide bonds. The van der Waals surface area contributed by atoms with Crippen LogP contribution in [0.1, 0.15) is 40.5 Å². The third-order valence-corrected chi connectivity index (χ3v) is 3.47. The zero-order valence-electron chi connectivity index (χ0n) is 12.2. The molecule has 0 aromatic carbocycles. The summed E-state index contributed by atoms with van der Waals surface area (Å²) < 4.78 is 0. The van der Waals surface area contributed by atoms with Crippen molar-refractivity contribution in [3.63, 3.8) is 0 Å². The normalized spacial score (nSPS) is 25.4. The SMILES string of the molecule is CCN(CC(=O)NC(C)C)C(=O)C1(C#N)CC(C)C1.